The van der Waals surface area contributed by atoms with E-state index >= 15 is 0 Å². The normalized spacial score (nSPS) is 10.5. The Morgan fingerprint density at radius 1 is 0.727 bits per heavy atom. The van der Waals surface area contributed by atoms with Crippen molar-refractivity contribution in [1.29, 1.82) is 0 Å². The third kappa shape index (κ3) is 14.3. The van der Waals surface area contributed by atoms with Crippen LogP contribution in [0.2, 0.25) is 0 Å². The molecule has 0 saturated carbocycles. The molecule has 0 spiro atoms. The van der Waals surface area contributed by atoms with Gasteiger partial charge in [-0.1, -0.05) is 115 Å². The largest absolute Gasteiger partial charge is 0.490 e. The Hall–Kier alpha value is -3.36. The predicted octanol–water partition coefficient (Wildman–Crippen LogP) is 8.36. The van der Waals surface area contributed by atoms with E-state index in [0.29, 0.717) is 25.6 Å². The van der Waals surface area contributed by atoms with Crippen molar-refractivity contribution in [3.63, 3.8) is 0 Å². The van der Waals surface area contributed by atoms with Gasteiger partial charge in [0.05, 0.1) is 13.2 Å². The molecule has 0 radical (unpaired) electrons. The van der Waals surface area contributed by atoms with Crippen molar-refractivity contribution in [2.24, 2.45) is 0 Å². The second kappa shape index (κ2) is 15.4. The van der Waals surface area contributed by atoms with E-state index in [-0.39, 0.29) is 0 Å². The first-order valence-electron chi connectivity index (χ1n) is 11.0. The minimum absolute atomic E-state index is 0.434. The highest BCUT2D eigenvalue weighted by atomic mass is 16.5. The summed E-state index contributed by atoms with van der Waals surface area (Å²) in [5.41, 5.74) is 7.86. The topological polar surface area (TPSA) is 18.5 Å². The molecule has 33 heavy (non-hydrogen) atoms. The summed E-state index contributed by atoms with van der Waals surface area (Å²) in [6.45, 7) is 25.0. The van der Waals surface area contributed by atoms with Crippen molar-refractivity contribution in [3.8, 4) is 0 Å². The van der Waals surface area contributed by atoms with Gasteiger partial charge < -0.3 is 9.47 Å². The van der Waals surface area contributed by atoms with Crippen molar-refractivity contribution < 1.29 is 9.47 Å². The second-order valence-electron chi connectivity index (χ2n) is 8.24. The smallest absolute Gasteiger partial charge is 0.113 e. The molecule has 2 aromatic rings. The maximum absolute atomic E-state index is 5.70. The van der Waals surface area contributed by atoms with E-state index in [9.17, 15) is 0 Å². The van der Waals surface area contributed by atoms with Crippen LogP contribution in [-0.4, -0.2) is 6.61 Å². The summed E-state index contributed by atoms with van der Waals surface area (Å²) in [6.07, 6.45) is 7.43. The zero-order valence-corrected chi connectivity index (χ0v) is 20.7. The lowest BCUT2D eigenvalue weighted by molar-refractivity contribution is 0.107. The number of hydrogen-bond acceptors (Lipinski definition) is 2. The van der Waals surface area contributed by atoms with Crippen LogP contribution in [0.1, 0.15) is 36.1 Å². The Balaban J connectivity index is 0.000000331. The van der Waals surface area contributed by atoms with Gasteiger partial charge in [0.1, 0.15) is 12.4 Å². The van der Waals surface area contributed by atoms with Crippen LogP contribution in [0.25, 0.3) is 0 Å². The summed E-state index contributed by atoms with van der Waals surface area (Å²) in [6, 6.07) is 16.9. The fourth-order valence-electron chi connectivity index (χ4n) is 2.55. The predicted molar refractivity (Wildman–Crippen MR) is 143 cm³/mol. The number of rotatable bonds is 11. The molecule has 0 saturated heterocycles. The molecular formula is C31H38O2. The van der Waals surface area contributed by atoms with Gasteiger partial charge in [0.15, 0.2) is 0 Å². The zero-order chi connectivity index (χ0) is 24.6. The molecule has 2 aromatic carbocycles. The van der Waals surface area contributed by atoms with E-state index in [1.165, 1.54) is 22.3 Å². The molecule has 0 atom stereocenters. The molecule has 2 heteroatoms. The molecule has 0 aliphatic heterocycles. The highest BCUT2D eigenvalue weighted by Crippen LogP contribution is 2.09. The molecule has 0 N–H and O–H groups in total. The average Bonchev–Trinajstić information content (AvgIpc) is 2.76. The van der Waals surface area contributed by atoms with E-state index in [1.54, 1.807) is 6.08 Å². The van der Waals surface area contributed by atoms with Gasteiger partial charge in [-0.05, 0) is 50.5 Å². The maximum atomic E-state index is 5.70. The molecule has 0 unspecified atom stereocenters. The summed E-state index contributed by atoms with van der Waals surface area (Å²) in [5.74, 6) is 0.605. The van der Waals surface area contributed by atoms with E-state index in [1.807, 2.05) is 32.1 Å². The summed E-state index contributed by atoms with van der Waals surface area (Å²) in [7, 11) is 0. The van der Waals surface area contributed by atoms with E-state index in [0.717, 1.165) is 16.7 Å². The molecule has 174 valence electrons. The van der Waals surface area contributed by atoms with Crippen LogP contribution in [0.5, 0.6) is 0 Å². The van der Waals surface area contributed by atoms with Crippen LogP contribution >= 0.6 is 0 Å². The monoisotopic (exact) mass is 442 g/mol. The molecule has 0 aromatic heterocycles. The molecular weight excluding hydrogens is 404 g/mol. The van der Waals surface area contributed by atoms with E-state index in [2.05, 4.69) is 88.7 Å². The van der Waals surface area contributed by atoms with Crippen LogP contribution in [0.15, 0.2) is 122 Å². The van der Waals surface area contributed by atoms with Crippen molar-refractivity contribution in [2.75, 3.05) is 6.61 Å². The molecule has 0 aliphatic carbocycles. The Morgan fingerprint density at radius 3 is 1.94 bits per heavy atom. The highest BCUT2D eigenvalue weighted by Gasteiger charge is 1.96. The number of benzene rings is 2. The third-order valence-electron chi connectivity index (χ3n) is 4.34. The summed E-state index contributed by atoms with van der Waals surface area (Å²) in [5, 5.41) is 0. The molecule has 2 nitrogen and oxygen atoms in total. The van der Waals surface area contributed by atoms with Crippen LogP contribution in [0.4, 0.5) is 0 Å². The molecule has 0 bridgehead atoms. The van der Waals surface area contributed by atoms with Gasteiger partial charge in [0, 0.05) is 0 Å². The number of ether oxygens (including phenoxy) is 2. The molecule has 0 fully saturated rings. The highest BCUT2D eigenvalue weighted by molar-refractivity contribution is 5.25. The first-order valence-corrected chi connectivity index (χ1v) is 11.0. The van der Waals surface area contributed by atoms with Crippen LogP contribution in [0, 0.1) is 13.8 Å². The molecule has 0 amide bonds. The maximum Gasteiger partial charge on any atom is 0.113 e. The van der Waals surface area contributed by atoms with E-state index in [4.69, 9.17) is 9.47 Å². The summed E-state index contributed by atoms with van der Waals surface area (Å²) >= 11 is 0. The van der Waals surface area contributed by atoms with Crippen molar-refractivity contribution in [2.45, 2.75) is 40.9 Å². The van der Waals surface area contributed by atoms with Gasteiger partial charge >= 0.3 is 0 Å². The van der Waals surface area contributed by atoms with Gasteiger partial charge in [-0.3, -0.25) is 0 Å². The van der Waals surface area contributed by atoms with Crippen molar-refractivity contribution in [3.05, 3.63) is 144 Å². The lowest BCUT2D eigenvalue weighted by Gasteiger charge is -2.05. The molecule has 0 aliphatic rings. The lowest BCUT2D eigenvalue weighted by atomic mass is 10.1. The lowest BCUT2D eigenvalue weighted by Crippen LogP contribution is -1.94. The fourth-order valence-corrected chi connectivity index (χ4v) is 2.55. The second-order valence-corrected chi connectivity index (χ2v) is 8.24. The molecule has 2 rings (SSSR count). The van der Waals surface area contributed by atoms with Gasteiger partial charge in [-0.15, -0.1) is 0 Å². The minimum Gasteiger partial charge on any atom is -0.490 e. The van der Waals surface area contributed by atoms with Crippen LogP contribution in [-0.2, 0) is 22.7 Å². The van der Waals surface area contributed by atoms with E-state index < -0.39 is 0 Å². The van der Waals surface area contributed by atoms with Gasteiger partial charge in [-0.2, -0.15) is 0 Å². The van der Waals surface area contributed by atoms with Gasteiger partial charge in [-0.25, -0.2) is 0 Å². The number of hydrogen-bond donors (Lipinski definition) is 0. The SMILES string of the molecule is C=C(C)/C=C\C(=C)COC(=C)/C=C\C(=C)C.Cc1ccc(COCc2cccc(C)c2)cc1. The summed E-state index contributed by atoms with van der Waals surface area (Å²) in [4.78, 5) is 0. The Kier molecular flexibility index (Phi) is 13.0. The van der Waals surface area contributed by atoms with Crippen LogP contribution < -0.4 is 0 Å². The van der Waals surface area contributed by atoms with Gasteiger partial charge in [0.25, 0.3) is 0 Å². The quantitative estimate of drug-likeness (QED) is 0.257. The Morgan fingerprint density at radius 2 is 1.33 bits per heavy atom. The number of aryl methyl sites for hydroxylation is 2. The zero-order valence-electron chi connectivity index (χ0n) is 20.7. The first kappa shape index (κ1) is 27.7. The average molecular weight is 443 g/mol. The van der Waals surface area contributed by atoms with Crippen molar-refractivity contribution >= 4 is 0 Å². The Labute approximate surface area is 201 Å². The third-order valence-corrected chi connectivity index (χ3v) is 4.34. The van der Waals surface area contributed by atoms with Crippen molar-refractivity contribution in [1.82, 2.24) is 0 Å². The summed E-state index contributed by atoms with van der Waals surface area (Å²) < 4.78 is 11.1. The minimum atomic E-state index is 0.434. The fraction of sp³-hybridized carbons (Fsp3) is 0.226. The molecule has 0 heterocycles. The Bertz CT molecular complexity index is 952. The standard InChI is InChI=1S/C16H18O.C15H20O/c1-13-6-8-15(9-7-13)11-17-12-16-5-3-4-14(2)10-16;1-12(2)7-9-14(5)11-16-15(6)10-8-13(3)4/h3-10H,11-12H2,1-2H3;7-10H,1,3,5-6,11H2,2,4H3/b;9-7-,10-8-. The van der Waals surface area contributed by atoms with Gasteiger partial charge in [0.2, 0.25) is 0 Å². The first-order chi connectivity index (χ1) is 15.7. The number of allylic oxidation sites excluding steroid dienone is 5. The van der Waals surface area contributed by atoms with Crippen LogP contribution in [0.3, 0.4) is 0 Å².